The maximum Gasteiger partial charge on any atom is 0.156 e. The van der Waals surface area contributed by atoms with Gasteiger partial charge < -0.3 is 5.32 Å². The van der Waals surface area contributed by atoms with Gasteiger partial charge in [0.25, 0.3) is 0 Å². The zero-order valence-electron chi connectivity index (χ0n) is 7.90. The number of aliphatic imine (C=N–C) groups is 1. The Hall–Kier alpha value is -0.230. The van der Waals surface area contributed by atoms with Gasteiger partial charge in [-0.1, -0.05) is 11.8 Å². The highest BCUT2D eigenvalue weighted by Crippen LogP contribution is 2.15. The average Bonchev–Trinajstić information content (AvgIpc) is 2.61. The monoisotopic (exact) mass is 234 g/mol. The molecule has 2 aliphatic rings. The number of hydrogen-bond acceptors (Lipinski definition) is 5. The van der Waals surface area contributed by atoms with E-state index in [1.165, 1.54) is 0 Å². The summed E-state index contributed by atoms with van der Waals surface area (Å²) < 4.78 is 22.3. The second kappa shape index (κ2) is 4.10. The van der Waals surface area contributed by atoms with Gasteiger partial charge in [-0.15, -0.1) is 0 Å². The highest BCUT2D eigenvalue weighted by Gasteiger charge is 2.24. The Kier molecular flexibility index (Phi) is 3.02. The predicted molar refractivity (Wildman–Crippen MR) is 59.6 cm³/mol. The van der Waals surface area contributed by atoms with E-state index in [1.807, 2.05) is 0 Å². The Morgan fingerprint density at radius 2 is 2.07 bits per heavy atom. The molecule has 0 spiro atoms. The lowest BCUT2D eigenvalue weighted by molar-refractivity contribution is 0.522. The fourth-order valence-electron chi connectivity index (χ4n) is 1.63. The minimum absolute atomic E-state index is 0.308. The van der Waals surface area contributed by atoms with Crippen molar-refractivity contribution in [2.45, 2.75) is 18.9 Å². The topological polar surface area (TPSA) is 58.5 Å². The molecule has 0 bridgehead atoms. The zero-order valence-corrected chi connectivity index (χ0v) is 9.53. The Morgan fingerprint density at radius 3 is 2.64 bits per heavy atom. The van der Waals surface area contributed by atoms with E-state index in [9.17, 15) is 8.42 Å². The maximum atomic E-state index is 11.2. The molecule has 0 aromatic carbocycles. The van der Waals surface area contributed by atoms with Crippen LogP contribution >= 0.6 is 11.8 Å². The van der Waals surface area contributed by atoms with E-state index in [1.54, 1.807) is 11.8 Å². The van der Waals surface area contributed by atoms with E-state index in [0.29, 0.717) is 17.5 Å². The molecule has 0 amide bonds. The molecule has 14 heavy (non-hydrogen) atoms. The number of rotatable bonds is 1. The van der Waals surface area contributed by atoms with Crippen LogP contribution in [0.2, 0.25) is 0 Å². The molecule has 0 atom stereocenters. The van der Waals surface area contributed by atoms with Crippen LogP contribution in [0, 0.1) is 0 Å². The van der Waals surface area contributed by atoms with Crippen molar-refractivity contribution in [3.05, 3.63) is 0 Å². The van der Waals surface area contributed by atoms with Crippen molar-refractivity contribution in [1.29, 1.82) is 0 Å². The van der Waals surface area contributed by atoms with Crippen molar-refractivity contribution in [3.63, 3.8) is 0 Å². The summed E-state index contributed by atoms with van der Waals surface area (Å²) in [5, 5.41) is 4.30. The van der Waals surface area contributed by atoms with Gasteiger partial charge in [-0.2, -0.15) is 0 Å². The lowest BCUT2D eigenvalue weighted by Gasteiger charge is -2.23. The highest BCUT2D eigenvalue weighted by molar-refractivity contribution is 8.14. The van der Waals surface area contributed by atoms with Crippen molar-refractivity contribution < 1.29 is 8.42 Å². The minimum atomic E-state index is -2.74. The van der Waals surface area contributed by atoms with E-state index in [4.69, 9.17) is 0 Å². The molecule has 1 N–H and O–H groups in total. The molecule has 1 fully saturated rings. The summed E-state index contributed by atoms with van der Waals surface area (Å²) in [6.07, 6.45) is 1.45. The summed E-state index contributed by atoms with van der Waals surface area (Å²) in [5.74, 6) is 1.69. The molecule has 2 aliphatic heterocycles. The van der Waals surface area contributed by atoms with E-state index < -0.39 is 9.84 Å². The summed E-state index contributed by atoms with van der Waals surface area (Å²) in [4.78, 5) is 4.29. The lowest BCUT2D eigenvalue weighted by atomic mass is 10.2. The average molecular weight is 234 g/mol. The van der Waals surface area contributed by atoms with Gasteiger partial charge in [-0.25, -0.2) is 8.42 Å². The van der Waals surface area contributed by atoms with Gasteiger partial charge in [-0.3, -0.25) is 4.99 Å². The summed E-state index contributed by atoms with van der Waals surface area (Å²) in [7, 11) is -2.74. The third-order valence-corrected chi connectivity index (χ3v) is 5.09. The molecule has 2 heterocycles. The molecule has 2 rings (SSSR count). The minimum Gasteiger partial charge on any atom is -0.362 e. The van der Waals surface area contributed by atoms with Crippen molar-refractivity contribution in [2.75, 3.05) is 23.8 Å². The molecule has 0 aromatic heterocycles. The molecule has 0 aliphatic carbocycles. The van der Waals surface area contributed by atoms with Gasteiger partial charge in [-0.05, 0) is 12.8 Å². The third-order valence-electron chi connectivity index (χ3n) is 2.47. The second-order valence-corrected chi connectivity index (χ2v) is 6.99. The van der Waals surface area contributed by atoms with Gasteiger partial charge in [0.15, 0.2) is 5.17 Å². The molecule has 4 nitrogen and oxygen atoms in total. The first kappa shape index (κ1) is 10.3. The lowest BCUT2D eigenvalue weighted by Crippen LogP contribution is -2.39. The van der Waals surface area contributed by atoms with Gasteiger partial charge >= 0.3 is 0 Å². The van der Waals surface area contributed by atoms with Crippen LogP contribution in [0.5, 0.6) is 0 Å². The highest BCUT2D eigenvalue weighted by atomic mass is 32.2. The third kappa shape index (κ3) is 2.63. The zero-order chi connectivity index (χ0) is 10.0. The second-order valence-electron chi connectivity index (χ2n) is 3.61. The number of amidine groups is 1. The van der Waals surface area contributed by atoms with Crippen molar-refractivity contribution in [1.82, 2.24) is 5.32 Å². The summed E-state index contributed by atoms with van der Waals surface area (Å²) >= 11 is 1.73. The number of sulfone groups is 1. The first-order valence-electron chi connectivity index (χ1n) is 4.80. The number of nitrogens with zero attached hydrogens (tertiary/aromatic N) is 1. The van der Waals surface area contributed by atoms with Crippen LogP contribution in [0.4, 0.5) is 0 Å². The number of hydrogen-bond donors (Lipinski definition) is 1. The fourth-order valence-corrected chi connectivity index (χ4v) is 3.93. The summed E-state index contributed by atoms with van der Waals surface area (Å²) in [6, 6.07) is 0.308. The van der Waals surface area contributed by atoms with Crippen molar-refractivity contribution in [3.8, 4) is 0 Å². The Balaban J connectivity index is 1.84. The van der Waals surface area contributed by atoms with Crippen LogP contribution < -0.4 is 5.32 Å². The smallest absolute Gasteiger partial charge is 0.156 e. The molecule has 0 radical (unpaired) electrons. The number of nitrogens with one attached hydrogen (secondary N) is 1. The molecule has 6 heteroatoms. The van der Waals surface area contributed by atoms with Crippen LogP contribution in [0.3, 0.4) is 0 Å². The molecule has 1 saturated heterocycles. The van der Waals surface area contributed by atoms with E-state index in [0.717, 1.165) is 30.3 Å². The van der Waals surface area contributed by atoms with Crippen LogP contribution in [0.25, 0.3) is 0 Å². The molecular weight excluding hydrogens is 220 g/mol. The first-order chi connectivity index (χ1) is 6.66. The Bertz CT molecular complexity index is 323. The summed E-state index contributed by atoms with van der Waals surface area (Å²) in [5.41, 5.74) is 0. The molecule has 0 saturated carbocycles. The summed E-state index contributed by atoms with van der Waals surface area (Å²) in [6.45, 7) is 0.887. The van der Waals surface area contributed by atoms with E-state index >= 15 is 0 Å². The standard InChI is InChI=1S/C8H14N2O2S2/c11-14(12)5-1-7(2-6-14)10-8-9-3-4-13-8/h7H,1-6H2,(H,9,10). The van der Waals surface area contributed by atoms with Gasteiger partial charge in [0.05, 0.1) is 18.1 Å². The molecule has 0 aromatic rings. The fraction of sp³-hybridized carbons (Fsp3) is 0.875. The normalized spacial score (nSPS) is 27.3. The maximum absolute atomic E-state index is 11.2. The SMILES string of the molecule is O=S1(=O)CCC(NC2=NCCS2)CC1. The van der Waals surface area contributed by atoms with Crippen molar-refractivity contribution in [2.24, 2.45) is 4.99 Å². The van der Waals surface area contributed by atoms with E-state index in [2.05, 4.69) is 10.3 Å². The number of thioether (sulfide) groups is 1. The molecular formula is C8H14N2O2S2. The Labute approximate surface area is 88.5 Å². The van der Waals surface area contributed by atoms with Crippen LogP contribution in [-0.2, 0) is 9.84 Å². The van der Waals surface area contributed by atoms with Crippen LogP contribution in [-0.4, -0.2) is 43.4 Å². The van der Waals surface area contributed by atoms with Crippen molar-refractivity contribution >= 4 is 26.8 Å². The van der Waals surface area contributed by atoms with Gasteiger partial charge in [0.2, 0.25) is 0 Å². The molecule has 0 unspecified atom stereocenters. The first-order valence-corrected chi connectivity index (χ1v) is 7.61. The van der Waals surface area contributed by atoms with Crippen LogP contribution in [0.15, 0.2) is 4.99 Å². The van der Waals surface area contributed by atoms with Gasteiger partial charge in [0.1, 0.15) is 9.84 Å². The largest absolute Gasteiger partial charge is 0.362 e. The molecule has 80 valence electrons. The van der Waals surface area contributed by atoms with Gasteiger partial charge in [0, 0.05) is 11.8 Å². The predicted octanol–water partition coefficient (Wildman–Crippen LogP) is 0.256. The van der Waals surface area contributed by atoms with E-state index in [-0.39, 0.29) is 0 Å². The Morgan fingerprint density at radius 1 is 1.36 bits per heavy atom. The van der Waals surface area contributed by atoms with Crippen LogP contribution in [0.1, 0.15) is 12.8 Å². The quantitative estimate of drug-likeness (QED) is 0.707.